The van der Waals surface area contributed by atoms with Gasteiger partial charge in [-0.2, -0.15) is 25.3 Å². The molecular formula is C38H76N2O9PS2+. The molecule has 2 N–H and O–H groups in total. The van der Waals surface area contributed by atoms with Crippen molar-refractivity contribution in [2.75, 3.05) is 66.4 Å². The lowest BCUT2D eigenvalue weighted by atomic mass is 9.41. The zero-order chi connectivity index (χ0) is 41.0. The number of ether oxygens (including phenoxy) is 2. The topological polar surface area (TPSA) is 137 Å². The molecule has 0 saturated carbocycles. The van der Waals surface area contributed by atoms with Gasteiger partial charge < -0.3 is 24.2 Å². The molecule has 0 aliphatic carbocycles. The summed E-state index contributed by atoms with van der Waals surface area (Å²) in [5.74, 6) is -0.206. The van der Waals surface area contributed by atoms with E-state index < -0.39 is 46.8 Å². The van der Waals surface area contributed by atoms with Gasteiger partial charge in [0.05, 0.1) is 45.1 Å². The van der Waals surface area contributed by atoms with E-state index in [1.807, 2.05) is 83.5 Å². The minimum Gasteiger partial charge on any atom is -0.463 e. The fourth-order valence-electron chi connectivity index (χ4n) is 6.86. The highest BCUT2D eigenvalue weighted by Crippen LogP contribution is 2.66. The lowest BCUT2D eigenvalue weighted by molar-refractivity contribution is -0.870. The Morgan fingerprint density at radius 1 is 0.769 bits per heavy atom. The predicted octanol–water partition coefficient (Wildman–Crippen LogP) is 7.75. The molecular weight excluding hydrogens is 724 g/mol. The van der Waals surface area contributed by atoms with Gasteiger partial charge in [-0.3, -0.25) is 23.4 Å². The van der Waals surface area contributed by atoms with Crippen LogP contribution in [0.4, 0.5) is 0 Å². The Kier molecular flexibility index (Phi) is 20.1. The van der Waals surface area contributed by atoms with Gasteiger partial charge in [-0.15, -0.1) is 0 Å². The van der Waals surface area contributed by atoms with Crippen LogP contribution in [0.1, 0.15) is 122 Å². The number of nitrogens with zero attached hydrogens (tertiary/aromatic N) is 1. The molecule has 0 bridgehead atoms. The maximum atomic E-state index is 14.2. The Balaban J connectivity index is 5.94. The van der Waals surface area contributed by atoms with Gasteiger partial charge in [0.2, 0.25) is 5.91 Å². The van der Waals surface area contributed by atoms with E-state index in [9.17, 15) is 23.8 Å². The Morgan fingerprint density at radius 3 is 1.81 bits per heavy atom. The van der Waals surface area contributed by atoms with E-state index in [0.717, 1.165) is 31.4 Å². The number of quaternary nitrogens is 1. The van der Waals surface area contributed by atoms with Crippen LogP contribution < -0.4 is 5.32 Å². The SMILES string of the molecule is CC(C)(C)CC(C)(C(=O)OCCNC(=O)CCCCC(S)CCS)C(C)(C)C(C)(C)C(C)(C(=O)OCCOP(=O)(O)OCC[N+](C)(C)C)C(C)(C)C. The molecule has 4 unspecified atom stereocenters. The largest absolute Gasteiger partial charge is 0.472 e. The average molecular weight is 800 g/mol. The summed E-state index contributed by atoms with van der Waals surface area (Å²) in [5, 5.41) is 3.16. The van der Waals surface area contributed by atoms with E-state index in [0.29, 0.717) is 29.1 Å². The lowest BCUT2D eigenvalue weighted by Gasteiger charge is -2.62. The summed E-state index contributed by atoms with van der Waals surface area (Å²) in [6.45, 7) is 24.0. The standard InChI is InChI=1S/C38H75N2O9PS2/c1-33(2,3)28-37(11,31(42)46-23-21-39-30(41)19-17-16-18-29(52)20-27-51)35(7,8)36(9,10)38(12,34(4,5)6)32(43)47-25-26-49-50(44,45)48-24-22-40(13,14)15/h29H,16-28H2,1-15H3,(H3-,39,41,44,45,51,52)/p+1. The maximum Gasteiger partial charge on any atom is 0.472 e. The molecule has 11 nitrogen and oxygen atoms in total. The van der Waals surface area contributed by atoms with Crippen LogP contribution in [0.5, 0.6) is 0 Å². The van der Waals surface area contributed by atoms with E-state index >= 15 is 0 Å². The molecule has 0 aliphatic heterocycles. The molecule has 14 heteroatoms. The van der Waals surface area contributed by atoms with Crippen molar-refractivity contribution in [1.29, 1.82) is 0 Å². The molecule has 0 heterocycles. The van der Waals surface area contributed by atoms with Crippen LogP contribution in [-0.4, -0.2) is 98.9 Å². The summed E-state index contributed by atoms with van der Waals surface area (Å²) in [5.41, 5.74) is -4.91. The molecule has 0 saturated heterocycles. The summed E-state index contributed by atoms with van der Waals surface area (Å²) in [4.78, 5) is 51.0. The van der Waals surface area contributed by atoms with E-state index in [4.69, 9.17) is 18.5 Å². The van der Waals surface area contributed by atoms with Crippen molar-refractivity contribution < 1.29 is 46.8 Å². The summed E-state index contributed by atoms with van der Waals surface area (Å²) in [6.07, 6.45) is 4.41. The van der Waals surface area contributed by atoms with Crippen LogP contribution in [0.15, 0.2) is 0 Å². The fourth-order valence-corrected chi connectivity index (χ4v) is 8.38. The van der Waals surface area contributed by atoms with Gasteiger partial charge in [0, 0.05) is 11.7 Å². The zero-order valence-electron chi connectivity index (χ0n) is 35.3. The van der Waals surface area contributed by atoms with Crippen LogP contribution in [0, 0.1) is 32.5 Å². The Morgan fingerprint density at radius 2 is 1.31 bits per heavy atom. The second-order valence-corrected chi connectivity index (χ2v) is 21.5. The molecule has 0 aliphatic rings. The molecule has 308 valence electrons. The van der Waals surface area contributed by atoms with Crippen molar-refractivity contribution in [3.05, 3.63) is 0 Å². The molecule has 52 heavy (non-hydrogen) atoms. The Bertz CT molecular complexity index is 1190. The van der Waals surface area contributed by atoms with Gasteiger partial charge in [0.15, 0.2) is 0 Å². The zero-order valence-corrected chi connectivity index (χ0v) is 38.0. The van der Waals surface area contributed by atoms with Crippen LogP contribution in [0.3, 0.4) is 0 Å². The number of unbranched alkanes of at least 4 members (excludes halogenated alkanes) is 1. The van der Waals surface area contributed by atoms with Gasteiger partial charge in [0.25, 0.3) is 0 Å². The number of carbonyl (C=O) groups is 3. The summed E-state index contributed by atoms with van der Waals surface area (Å²) >= 11 is 8.79. The quantitative estimate of drug-likeness (QED) is 0.0254. The summed E-state index contributed by atoms with van der Waals surface area (Å²) < 4.78 is 34.8. The third-order valence-electron chi connectivity index (χ3n) is 11.3. The van der Waals surface area contributed by atoms with Crippen LogP contribution >= 0.6 is 33.1 Å². The normalized spacial score (nSPS) is 17.3. The highest BCUT2D eigenvalue weighted by molar-refractivity contribution is 7.81. The monoisotopic (exact) mass is 799 g/mol. The Labute approximate surface area is 327 Å². The Hall–Kier alpha value is -0.820. The van der Waals surface area contributed by atoms with Crippen molar-refractivity contribution in [2.45, 2.75) is 127 Å². The number of likely N-dealkylation sites (N-methyl/N-ethyl adjacent to an activating group) is 1. The highest BCUT2D eigenvalue weighted by Gasteiger charge is 2.67. The number of rotatable bonds is 24. The fraction of sp³-hybridized carbons (Fsp3) is 0.921. The minimum atomic E-state index is -4.33. The average Bonchev–Trinajstić information content (AvgIpc) is 2.96. The van der Waals surface area contributed by atoms with Crippen molar-refractivity contribution in [3.8, 4) is 0 Å². The molecule has 0 radical (unpaired) electrons. The van der Waals surface area contributed by atoms with Crippen molar-refractivity contribution in [2.24, 2.45) is 32.5 Å². The van der Waals surface area contributed by atoms with Crippen molar-refractivity contribution in [3.63, 3.8) is 0 Å². The molecule has 0 aromatic heterocycles. The number of esters is 2. The summed E-state index contributed by atoms with van der Waals surface area (Å²) in [7, 11) is 1.48. The van der Waals surface area contributed by atoms with Gasteiger partial charge in [-0.1, -0.05) is 75.7 Å². The molecule has 1 amide bonds. The number of amides is 1. The molecule has 0 spiro atoms. The lowest BCUT2D eigenvalue weighted by Crippen LogP contribution is -2.63. The first-order chi connectivity index (χ1) is 23.3. The van der Waals surface area contributed by atoms with E-state index in [2.05, 4.69) is 51.3 Å². The number of hydrogen-bond donors (Lipinski definition) is 4. The first-order valence-electron chi connectivity index (χ1n) is 18.6. The first-order valence-corrected chi connectivity index (χ1v) is 21.3. The van der Waals surface area contributed by atoms with Gasteiger partial charge in [-0.05, 0) is 66.9 Å². The van der Waals surface area contributed by atoms with Crippen LogP contribution in [0.25, 0.3) is 0 Å². The second-order valence-electron chi connectivity index (χ2n) is 18.9. The minimum absolute atomic E-state index is 0.0216. The molecule has 0 aromatic rings. The van der Waals surface area contributed by atoms with Crippen LogP contribution in [-0.2, 0) is 37.5 Å². The molecule has 4 atom stereocenters. The maximum absolute atomic E-state index is 14.2. The third-order valence-corrected chi connectivity index (χ3v) is 13.1. The van der Waals surface area contributed by atoms with E-state index in [-0.39, 0.29) is 44.3 Å². The number of phosphoric ester groups is 1. The summed E-state index contributed by atoms with van der Waals surface area (Å²) in [6, 6.07) is 0. The highest BCUT2D eigenvalue weighted by atomic mass is 32.1. The third kappa shape index (κ3) is 15.4. The van der Waals surface area contributed by atoms with Gasteiger partial charge >= 0.3 is 19.8 Å². The number of carbonyl (C=O) groups excluding carboxylic acids is 3. The van der Waals surface area contributed by atoms with E-state index in [1.54, 1.807) is 0 Å². The van der Waals surface area contributed by atoms with Crippen molar-refractivity contribution >= 4 is 50.9 Å². The second kappa shape index (κ2) is 20.4. The number of thiol groups is 2. The predicted molar refractivity (Wildman–Crippen MR) is 217 cm³/mol. The van der Waals surface area contributed by atoms with Gasteiger partial charge in [-0.25, -0.2) is 4.57 Å². The smallest absolute Gasteiger partial charge is 0.463 e. The van der Waals surface area contributed by atoms with Gasteiger partial charge in [0.1, 0.15) is 26.4 Å². The van der Waals surface area contributed by atoms with Crippen LogP contribution in [0.2, 0.25) is 0 Å². The number of phosphoric acid groups is 1. The molecule has 0 rings (SSSR count). The number of nitrogens with one attached hydrogen (secondary N) is 1. The number of hydrogen-bond acceptors (Lipinski definition) is 10. The first kappa shape index (κ1) is 51.2. The molecule has 0 fully saturated rings. The van der Waals surface area contributed by atoms with Crippen molar-refractivity contribution in [1.82, 2.24) is 5.32 Å². The molecule has 0 aromatic carbocycles. The van der Waals surface area contributed by atoms with E-state index in [1.165, 1.54) is 0 Å².